The summed E-state index contributed by atoms with van der Waals surface area (Å²) in [6, 6.07) is 3.47. The van der Waals surface area contributed by atoms with Crippen LogP contribution in [0.5, 0.6) is 11.5 Å². The van der Waals surface area contributed by atoms with Gasteiger partial charge in [-0.25, -0.2) is 0 Å². The van der Waals surface area contributed by atoms with Crippen LogP contribution in [0.25, 0.3) is 10.8 Å². The average Bonchev–Trinajstić information content (AvgIpc) is 2.26. The third-order valence-electron chi connectivity index (χ3n) is 2.55. The van der Waals surface area contributed by atoms with Gasteiger partial charge in [-0.05, 0) is 35.0 Å². The van der Waals surface area contributed by atoms with Crippen molar-refractivity contribution in [3.63, 3.8) is 0 Å². The van der Waals surface area contributed by atoms with Crippen LogP contribution < -0.4 is 29.6 Å². The van der Waals surface area contributed by atoms with Crippen LogP contribution in [0.15, 0.2) is 34.1 Å². The average molecular weight is 343 g/mol. The molecule has 0 saturated carbocycles. The van der Waals surface area contributed by atoms with Crippen LogP contribution in [0.2, 0.25) is 0 Å². The zero-order valence-electron chi connectivity index (χ0n) is 10.5. The molecule has 0 aliphatic heterocycles. The topological polar surface area (TPSA) is 149 Å². The van der Waals surface area contributed by atoms with Crippen LogP contribution >= 0.6 is 0 Å². The molecule has 0 aromatic heterocycles. The molecule has 2 rings (SSSR count). The van der Waals surface area contributed by atoms with Crippen molar-refractivity contribution < 1.29 is 65.7 Å². The summed E-state index contributed by atoms with van der Waals surface area (Å²) in [7, 11) is -9.83. The predicted octanol–water partition coefficient (Wildman–Crippen LogP) is -2.25. The van der Waals surface area contributed by atoms with Crippen molar-refractivity contribution in [2.24, 2.45) is 0 Å². The minimum Gasteiger partial charge on any atom is -0.504 e. The zero-order valence-corrected chi connectivity index (χ0v) is 14.2. The van der Waals surface area contributed by atoms with Crippen LogP contribution in [0.1, 0.15) is 0 Å². The van der Waals surface area contributed by atoms with Gasteiger partial charge in [-0.2, -0.15) is 16.8 Å². The van der Waals surface area contributed by atoms with Crippen molar-refractivity contribution in [1.82, 2.24) is 0 Å². The van der Waals surface area contributed by atoms with Gasteiger partial charge in [-0.3, -0.25) is 9.11 Å². The molecular formula is C10H8NaO8S2+. The molecule has 0 bridgehead atoms. The van der Waals surface area contributed by atoms with Gasteiger partial charge in [0, 0.05) is 0 Å². The fraction of sp³-hybridized carbons (Fsp3) is 0. The molecule has 4 N–H and O–H groups in total. The number of hydrogen-bond donors (Lipinski definition) is 4. The molecule has 8 nitrogen and oxygen atoms in total. The molecule has 2 aromatic rings. The van der Waals surface area contributed by atoms with Crippen molar-refractivity contribution in [1.29, 1.82) is 0 Å². The molecule has 21 heavy (non-hydrogen) atoms. The Labute approximate surface area is 141 Å². The van der Waals surface area contributed by atoms with Crippen LogP contribution in [0.4, 0.5) is 0 Å². The van der Waals surface area contributed by atoms with Gasteiger partial charge in [0.1, 0.15) is 9.79 Å². The Morgan fingerprint density at radius 3 is 1.19 bits per heavy atom. The van der Waals surface area contributed by atoms with E-state index in [-0.39, 0.29) is 40.3 Å². The standard InChI is InChI=1S/C10H8O8S2.Na/c11-7-1-5-3-9(19(13,14)15)10(20(16,17)18)4-6(5)2-8(7)12;/h1-4,11-12H,(H,13,14,15)(H,16,17,18);/q;+1. The van der Waals surface area contributed by atoms with Crippen molar-refractivity contribution >= 4 is 31.0 Å². The second-order valence-corrected chi connectivity index (χ2v) is 6.72. The SMILES string of the molecule is O=S(=O)(O)c1cc2cc(O)c(O)cc2cc1S(=O)(=O)O.[Na+]. The minimum atomic E-state index is -4.91. The molecule has 0 saturated heterocycles. The Morgan fingerprint density at radius 2 is 0.952 bits per heavy atom. The first kappa shape index (κ1) is 18.2. The molecular weight excluding hydrogens is 335 g/mol. The third-order valence-corrected chi connectivity index (χ3v) is 4.47. The minimum absolute atomic E-state index is 0. The summed E-state index contributed by atoms with van der Waals surface area (Å²) in [4.78, 5) is -2.06. The Bertz CT molecular complexity index is 841. The molecule has 0 aliphatic carbocycles. The molecule has 0 amide bonds. The van der Waals surface area contributed by atoms with E-state index in [1.807, 2.05) is 0 Å². The second kappa shape index (κ2) is 5.72. The first-order chi connectivity index (χ1) is 9.00. The van der Waals surface area contributed by atoms with Gasteiger partial charge in [-0.15, -0.1) is 0 Å². The second-order valence-electron chi connectivity index (χ2n) is 3.94. The van der Waals surface area contributed by atoms with Gasteiger partial charge < -0.3 is 10.2 Å². The molecule has 108 valence electrons. The number of phenols is 2. The number of phenolic OH excluding ortho intramolecular Hbond substituents is 2. The Kier molecular flexibility index (Phi) is 4.95. The van der Waals surface area contributed by atoms with E-state index in [0.717, 1.165) is 24.3 Å². The van der Waals surface area contributed by atoms with E-state index in [9.17, 15) is 27.0 Å². The largest absolute Gasteiger partial charge is 1.00 e. The summed E-state index contributed by atoms with van der Waals surface area (Å²) < 4.78 is 62.7. The molecule has 0 heterocycles. The van der Waals surface area contributed by atoms with Crippen LogP contribution in [0.3, 0.4) is 0 Å². The number of benzene rings is 2. The van der Waals surface area contributed by atoms with Gasteiger partial charge in [-0.1, -0.05) is 0 Å². The molecule has 11 heteroatoms. The molecule has 0 spiro atoms. The van der Waals surface area contributed by atoms with Gasteiger partial charge in [0.2, 0.25) is 0 Å². The summed E-state index contributed by atoms with van der Waals surface area (Å²) in [6.07, 6.45) is 0. The van der Waals surface area contributed by atoms with E-state index in [1.165, 1.54) is 0 Å². The molecule has 0 fully saturated rings. The number of hydrogen-bond acceptors (Lipinski definition) is 6. The summed E-state index contributed by atoms with van der Waals surface area (Å²) in [6.45, 7) is 0. The van der Waals surface area contributed by atoms with Gasteiger partial charge in [0.05, 0.1) is 0 Å². The van der Waals surface area contributed by atoms with Gasteiger partial charge in [0.25, 0.3) is 20.2 Å². The maximum atomic E-state index is 11.2. The van der Waals surface area contributed by atoms with E-state index in [1.54, 1.807) is 0 Å². The summed E-state index contributed by atoms with van der Waals surface area (Å²) in [5.74, 6) is -1.11. The maximum absolute atomic E-state index is 11.2. The summed E-state index contributed by atoms with van der Waals surface area (Å²) in [5, 5.41) is 18.7. The van der Waals surface area contributed by atoms with Crippen LogP contribution in [-0.4, -0.2) is 36.2 Å². The number of rotatable bonds is 2. The van der Waals surface area contributed by atoms with E-state index in [4.69, 9.17) is 9.11 Å². The summed E-state index contributed by atoms with van der Waals surface area (Å²) in [5.41, 5.74) is 0. The van der Waals surface area contributed by atoms with E-state index < -0.39 is 41.5 Å². The Balaban J connectivity index is 0.00000220. The van der Waals surface area contributed by atoms with E-state index >= 15 is 0 Å². The first-order valence-corrected chi connectivity index (χ1v) is 7.83. The Hall–Kier alpha value is -0.880. The van der Waals surface area contributed by atoms with Crippen molar-refractivity contribution in [3.05, 3.63) is 24.3 Å². The predicted molar refractivity (Wildman–Crippen MR) is 66.9 cm³/mol. The van der Waals surface area contributed by atoms with Crippen LogP contribution in [-0.2, 0) is 20.2 Å². The fourth-order valence-electron chi connectivity index (χ4n) is 1.69. The first-order valence-electron chi connectivity index (χ1n) is 4.95. The van der Waals surface area contributed by atoms with Crippen molar-refractivity contribution in [2.45, 2.75) is 9.79 Å². The number of aromatic hydroxyl groups is 2. The molecule has 0 atom stereocenters. The van der Waals surface area contributed by atoms with Gasteiger partial charge in [0.15, 0.2) is 11.5 Å². The van der Waals surface area contributed by atoms with Gasteiger partial charge >= 0.3 is 29.6 Å². The fourth-order valence-corrected chi connectivity index (χ4v) is 3.50. The smallest absolute Gasteiger partial charge is 0.504 e. The quantitative estimate of drug-likeness (QED) is 0.271. The normalized spacial score (nSPS) is 12.1. The van der Waals surface area contributed by atoms with E-state index in [0.29, 0.717) is 0 Å². The van der Waals surface area contributed by atoms with E-state index in [2.05, 4.69) is 0 Å². The third kappa shape index (κ3) is 3.66. The molecule has 2 aromatic carbocycles. The number of fused-ring (bicyclic) bond motifs is 1. The van der Waals surface area contributed by atoms with Crippen LogP contribution in [0, 0.1) is 0 Å². The van der Waals surface area contributed by atoms with Crippen molar-refractivity contribution in [3.8, 4) is 11.5 Å². The molecule has 0 aliphatic rings. The Morgan fingerprint density at radius 1 is 0.667 bits per heavy atom. The molecule has 0 unspecified atom stereocenters. The van der Waals surface area contributed by atoms with Crippen molar-refractivity contribution in [2.75, 3.05) is 0 Å². The maximum Gasteiger partial charge on any atom is 1.00 e. The summed E-state index contributed by atoms with van der Waals surface area (Å²) >= 11 is 0. The molecule has 0 radical (unpaired) electrons. The monoisotopic (exact) mass is 343 g/mol. The zero-order chi connectivity index (χ0) is 15.3.